The number of hydrogen-bond acceptors (Lipinski definition) is 1. The first-order valence-electron chi connectivity index (χ1n) is 3.09. The van der Waals surface area contributed by atoms with Gasteiger partial charge in [0.15, 0.2) is 0 Å². The molecule has 0 saturated carbocycles. The monoisotopic (exact) mass is 172 g/mol. The van der Waals surface area contributed by atoms with Crippen LogP contribution in [0.3, 0.4) is 0 Å². The molecule has 0 aliphatic carbocycles. The molecule has 3 heteroatoms. The molecule has 0 aliphatic heterocycles. The lowest BCUT2D eigenvalue weighted by Gasteiger charge is -1.97. The van der Waals surface area contributed by atoms with E-state index in [2.05, 4.69) is 0 Å². The molecule has 0 bridgehead atoms. The van der Waals surface area contributed by atoms with E-state index in [1.165, 1.54) is 12.1 Å². The molecule has 0 N–H and O–H groups in total. The molecule has 0 radical (unpaired) electrons. The van der Waals surface area contributed by atoms with Crippen molar-refractivity contribution in [2.24, 2.45) is 0 Å². The third kappa shape index (κ3) is 2.02. The van der Waals surface area contributed by atoms with E-state index in [4.69, 9.17) is 11.6 Å². The van der Waals surface area contributed by atoms with Crippen LogP contribution in [0.2, 0.25) is 0 Å². The Labute approximate surface area is 68.8 Å². The van der Waals surface area contributed by atoms with Crippen molar-refractivity contribution >= 4 is 17.4 Å². The number of rotatable bonds is 2. The van der Waals surface area contributed by atoms with Gasteiger partial charge in [-0.05, 0) is 0 Å². The van der Waals surface area contributed by atoms with Crippen LogP contribution in [0.25, 0.3) is 0 Å². The fourth-order valence-corrected chi connectivity index (χ4v) is 0.854. The Balaban J connectivity index is 2.86. The number of alkyl halides is 2. The summed E-state index contributed by atoms with van der Waals surface area (Å²) in [4.78, 5) is 10.8. The van der Waals surface area contributed by atoms with E-state index in [0.717, 1.165) is 0 Å². The topological polar surface area (TPSA) is 17.1 Å². The largest absolute Gasteiger partial charge is 0.289 e. The average Bonchev–Trinajstić information content (AvgIpc) is 2.05. The lowest BCUT2D eigenvalue weighted by Crippen LogP contribution is -2.08. The highest BCUT2D eigenvalue weighted by Crippen LogP contribution is 2.08. The van der Waals surface area contributed by atoms with E-state index >= 15 is 0 Å². The third-order valence-electron chi connectivity index (χ3n) is 1.26. The van der Waals surface area contributed by atoms with E-state index in [1.54, 1.807) is 18.2 Å². The molecule has 1 aromatic rings. The van der Waals surface area contributed by atoms with Crippen LogP contribution in [0, 0.1) is 0 Å². The highest BCUT2D eigenvalue weighted by molar-refractivity contribution is 6.32. The fraction of sp³-hybridized carbons (Fsp3) is 0.125. The van der Waals surface area contributed by atoms with Crippen LogP contribution in [0.1, 0.15) is 10.4 Å². The number of Topliss-reactive ketones (excluding diaryl/α,β-unsaturated/α-hetero) is 1. The Morgan fingerprint density at radius 2 is 1.91 bits per heavy atom. The van der Waals surface area contributed by atoms with Crippen LogP contribution < -0.4 is 0 Å². The molecule has 1 atom stereocenters. The minimum Gasteiger partial charge on any atom is -0.289 e. The molecule has 0 aliphatic rings. The van der Waals surface area contributed by atoms with Crippen molar-refractivity contribution in [3.63, 3.8) is 0 Å². The lowest BCUT2D eigenvalue weighted by atomic mass is 10.1. The molecule has 0 amide bonds. The highest BCUT2D eigenvalue weighted by atomic mass is 35.5. The van der Waals surface area contributed by atoms with Crippen molar-refractivity contribution in [3.8, 4) is 0 Å². The zero-order chi connectivity index (χ0) is 8.27. The summed E-state index contributed by atoms with van der Waals surface area (Å²) in [7, 11) is 0. The van der Waals surface area contributed by atoms with Gasteiger partial charge < -0.3 is 0 Å². The van der Waals surface area contributed by atoms with Crippen molar-refractivity contribution in [2.75, 3.05) is 0 Å². The minimum atomic E-state index is -1.93. The van der Waals surface area contributed by atoms with Crippen LogP contribution in [-0.4, -0.2) is 11.4 Å². The fourth-order valence-electron chi connectivity index (χ4n) is 0.728. The van der Waals surface area contributed by atoms with Gasteiger partial charge in [0, 0.05) is 5.56 Å². The number of carbonyl (C=O) groups is 1. The van der Waals surface area contributed by atoms with Gasteiger partial charge in [-0.25, -0.2) is 4.39 Å². The second kappa shape index (κ2) is 3.49. The third-order valence-corrected chi connectivity index (χ3v) is 1.45. The second-order valence-corrected chi connectivity index (χ2v) is 2.41. The number of carbonyl (C=O) groups excluding carboxylic acids is 1. The molecule has 58 valence electrons. The number of hydrogen-bond donors (Lipinski definition) is 0. The van der Waals surface area contributed by atoms with Crippen molar-refractivity contribution in [3.05, 3.63) is 35.9 Å². The molecule has 0 saturated heterocycles. The Hall–Kier alpha value is -0.890. The Bertz CT molecular complexity index is 246. The van der Waals surface area contributed by atoms with Gasteiger partial charge in [-0.1, -0.05) is 41.9 Å². The summed E-state index contributed by atoms with van der Waals surface area (Å²) < 4.78 is 12.2. The summed E-state index contributed by atoms with van der Waals surface area (Å²) in [6.45, 7) is 0. The van der Waals surface area contributed by atoms with Crippen LogP contribution in [-0.2, 0) is 0 Å². The summed E-state index contributed by atoms with van der Waals surface area (Å²) in [6, 6.07) is 8.12. The van der Waals surface area contributed by atoms with Crippen LogP contribution in [0.15, 0.2) is 30.3 Å². The predicted molar refractivity (Wildman–Crippen MR) is 41.5 cm³/mol. The molecule has 11 heavy (non-hydrogen) atoms. The molecule has 1 nitrogen and oxygen atoms in total. The van der Waals surface area contributed by atoms with E-state index in [0.29, 0.717) is 5.56 Å². The highest BCUT2D eigenvalue weighted by Gasteiger charge is 2.14. The number of halogens is 2. The number of ketones is 1. The zero-order valence-electron chi connectivity index (χ0n) is 5.63. The summed E-state index contributed by atoms with van der Waals surface area (Å²) in [5.41, 5.74) is -1.63. The van der Waals surface area contributed by atoms with Crippen molar-refractivity contribution in [1.29, 1.82) is 0 Å². The molecular weight excluding hydrogens is 167 g/mol. The maximum absolute atomic E-state index is 12.2. The quantitative estimate of drug-likeness (QED) is 0.495. The molecule has 0 spiro atoms. The SMILES string of the molecule is O=C(c1ccccc1)[C@@H](F)Cl. The first-order chi connectivity index (χ1) is 5.22. The molecule has 0 heterocycles. The summed E-state index contributed by atoms with van der Waals surface area (Å²) >= 11 is 4.95. The van der Waals surface area contributed by atoms with Gasteiger partial charge >= 0.3 is 0 Å². The van der Waals surface area contributed by atoms with Gasteiger partial charge in [-0.3, -0.25) is 4.79 Å². The molecule has 1 rings (SSSR count). The molecule has 0 aromatic heterocycles. The van der Waals surface area contributed by atoms with Gasteiger partial charge in [0.2, 0.25) is 11.4 Å². The zero-order valence-corrected chi connectivity index (χ0v) is 6.38. The number of benzene rings is 1. The van der Waals surface area contributed by atoms with Gasteiger partial charge in [0.25, 0.3) is 0 Å². The minimum absolute atomic E-state index is 0.301. The van der Waals surface area contributed by atoms with Crippen LogP contribution in [0.4, 0.5) is 4.39 Å². The maximum atomic E-state index is 12.2. The van der Waals surface area contributed by atoms with Crippen molar-refractivity contribution < 1.29 is 9.18 Å². The smallest absolute Gasteiger partial charge is 0.235 e. The summed E-state index contributed by atoms with van der Waals surface area (Å²) in [5.74, 6) is -0.688. The lowest BCUT2D eigenvalue weighted by molar-refractivity contribution is 0.0934. The van der Waals surface area contributed by atoms with Crippen LogP contribution in [0.5, 0.6) is 0 Å². The van der Waals surface area contributed by atoms with E-state index < -0.39 is 11.4 Å². The maximum Gasteiger partial charge on any atom is 0.235 e. The van der Waals surface area contributed by atoms with Crippen LogP contribution >= 0.6 is 11.6 Å². The summed E-state index contributed by atoms with van der Waals surface area (Å²) in [6.07, 6.45) is 0. The summed E-state index contributed by atoms with van der Waals surface area (Å²) in [5, 5.41) is 0. The predicted octanol–water partition coefficient (Wildman–Crippen LogP) is 2.40. The van der Waals surface area contributed by atoms with Crippen molar-refractivity contribution in [1.82, 2.24) is 0 Å². The van der Waals surface area contributed by atoms with E-state index in [1.807, 2.05) is 0 Å². The standard InChI is InChI=1S/C8H6ClFO/c9-8(10)7(11)6-4-2-1-3-5-6/h1-5,8H/t8-/m1/s1. The second-order valence-electron chi connectivity index (χ2n) is 2.03. The van der Waals surface area contributed by atoms with Gasteiger partial charge in [-0.2, -0.15) is 0 Å². The molecule has 1 aromatic carbocycles. The first kappa shape index (κ1) is 8.21. The van der Waals surface area contributed by atoms with E-state index in [9.17, 15) is 9.18 Å². The normalized spacial score (nSPS) is 12.5. The Morgan fingerprint density at radius 1 is 1.36 bits per heavy atom. The van der Waals surface area contributed by atoms with Gasteiger partial charge in [0.1, 0.15) is 0 Å². The van der Waals surface area contributed by atoms with Crippen molar-refractivity contribution in [2.45, 2.75) is 5.63 Å². The Kier molecular flexibility index (Phi) is 2.60. The Morgan fingerprint density at radius 3 is 2.36 bits per heavy atom. The average molecular weight is 173 g/mol. The van der Waals surface area contributed by atoms with Gasteiger partial charge in [0.05, 0.1) is 0 Å². The van der Waals surface area contributed by atoms with Gasteiger partial charge in [-0.15, -0.1) is 0 Å². The molecule has 0 fully saturated rings. The molecular formula is C8H6ClFO. The molecule has 0 unspecified atom stereocenters. The van der Waals surface area contributed by atoms with E-state index in [-0.39, 0.29) is 0 Å². The first-order valence-corrected chi connectivity index (χ1v) is 3.53.